The molecule has 1 aromatic carbocycles. The van der Waals surface area contributed by atoms with Crippen molar-refractivity contribution in [2.24, 2.45) is 5.10 Å². The molecule has 0 saturated carbocycles. The zero-order valence-corrected chi connectivity index (χ0v) is 16.7. The summed E-state index contributed by atoms with van der Waals surface area (Å²) in [7, 11) is 0. The summed E-state index contributed by atoms with van der Waals surface area (Å²) in [5, 5.41) is 14.8. The Hall–Kier alpha value is -2.78. The van der Waals surface area contributed by atoms with Crippen LogP contribution in [0.2, 0.25) is 5.02 Å². The average Bonchev–Trinajstić information content (AvgIpc) is 3.30. The van der Waals surface area contributed by atoms with Gasteiger partial charge in [0.2, 0.25) is 17.0 Å². The van der Waals surface area contributed by atoms with Gasteiger partial charge in [-0.15, -0.1) is 5.10 Å². The first-order chi connectivity index (χ1) is 13.6. The normalized spacial score (nSPS) is 11.1. The van der Waals surface area contributed by atoms with E-state index in [0.717, 1.165) is 11.3 Å². The van der Waals surface area contributed by atoms with Gasteiger partial charge in [0.05, 0.1) is 12.0 Å². The van der Waals surface area contributed by atoms with Gasteiger partial charge in [-0.2, -0.15) is 10.1 Å². The molecule has 0 atom stereocenters. The Morgan fingerprint density at radius 1 is 1.36 bits per heavy atom. The Morgan fingerprint density at radius 2 is 2.21 bits per heavy atom. The topological polar surface area (TPSA) is 108 Å². The smallest absolute Gasteiger partial charge is 0.240 e. The molecule has 0 fully saturated rings. The second-order valence-electron chi connectivity index (χ2n) is 5.77. The van der Waals surface area contributed by atoms with Crippen LogP contribution in [-0.4, -0.2) is 39.6 Å². The lowest BCUT2D eigenvalue weighted by atomic mass is 10.1. The lowest BCUT2D eigenvalue weighted by molar-refractivity contribution is -0.118. The molecule has 0 radical (unpaired) electrons. The number of furan rings is 1. The maximum absolute atomic E-state index is 11.9. The van der Waals surface area contributed by atoms with Gasteiger partial charge < -0.3 is 9.73 Å². The number of nitrogens with one attached hydrogen (secondary N) is 3. The van der Waals surface area contributed by atoms with Crippen LogP contribution in [0.1, 0.15) is 17.1 Å². The van der Waals surface area contributed by atoms with Crippen molar-refractivity contribution in [1.82, 2.24) is 20.5 Å². The van der Waals surface area contributed by atoms with E-state index in [2.05, 4.69) is 31.0 Å². The highest BCUT2D eigenvalue weighted by molar-refractivity contribution is 7.99. The van der Waals surface area contributed by atoms with Crippen LogP contribution in [0.4, 0.5) is 5.95 Å². The van der Waals surface area contributed by atoms with Crippen LogP contribution in [0.3, 0.4) is 0 Å². The molecule has 146 valence electrons. The van der Waals surface area contributed by atoms with Crippen molar-refractivity contribution >= 4 is 41.4 Å². The van der Waals surface area contributed by atoms with E-state index in [0.29, 0.717) is 34.9 Å². The van der Waals surface area contributed by atoms with Crippen molar-refractivity contribution < 1.29 is 9.21 Å². The Morgan fingerprint density at radius 3 is 3.00 bits per heavy atom. The number of carbonyl (C=O) groups excluding carboxylic acids is 1. The summed E-state index contributed by atoms with van der Waals surface area (Å²) < 4.78 is 5.37. The minimum absolute atomic E-state index is 0.0948. The molecule has 8 nitrogen and oxygen atoms in total. The second-order valence-corrected chi connectivity index (χ2v) is 7.11. The fourth-order valence-corrected chi connectivity index (χ4v) is 3.12. The molecule has 0 aliphatic carbocycles. The van der Waals surface area contributed by atoms with Gasteiger partial charge in [-0.05, 0) is 37.1 Å². The Bertz CT molecular complexity index is 955. The highest BCUT2D eigenvalue weighted by atomic mass is 35.5. The number of anilines is 1. The van der Waals surface area contributed by atoms with E-state index in [4.69, 9.17) is 16.0 Å². The third-order valence-electron chi connectivity index (χ3n) is 3.59. The summed E-state index contributed by atoms with van der Waals surface area (Å²) in [5.41, 5.74) is 3.73. The third-order valence-corrected chi connectivity index (χ3v) is 4.81. The van der Waals surface area contributed by atoms with Crippen LogP contribution in [0.15, 0.2) is 51.1 Å². The molecular weight excluding hydrogens is 400 g/mol. The summed E-state index contributed by atoms with van der Waals surface area (Å²) in [6.07, 6.45) is 2.22. The van der Waals surface area contributed by atoms with Crippen LogP contribution in [0, 0.1) is 6.92 Å². The zero-order valence-electron chi connectivity index (χ0n) is 15.1. The number of aryl methyl sites for hydroxylation is 1. The minimum atomic E-state index is -0.0948. The molecule has 0 spiro atoms. The summed E-state index contributed by atoms with van der Waals surface area (Å²) >= 11 is 7.33. The summed E-state index contributed by atoms with van der Waals surface area (Å²) in [6, 6.07) is 11.2. The third kappa shape index (κ3) is 6.14. The number of aromatic nitrogens is 3. The molecule has 3 aromatic rings. The Kier molecular flexibility index (Phi) is 7.10. The summed E-state index contributed by atoms with van der Waals surface area (Å²) in [4.78, 5) is 16.2. The van der Waals surface area contributed by atoms with Crippen LogP contribution in [0.5, 0.6) is 0 Å². The number of rotatable bonds is 9. The number of hydrogen-bond donors (Lipinski definition) is 3. The number of H-pyrrole nitrogens is 1. The predicted molar refractivity (Wildman–Crippen MR) is 110 cm³/mol. The summed E-state index contributed by atoms with van der Waals surface area (Å²) in [5.74, 6) is 1.94. The van der Waals surface area contributed by atoms with Gasteiger partial charge in [-0.3, -0.25) is 4.79 Å². The van der Waals surface area contributed by atoms with Crippen molar-refractivity contribution in [2.75, 3.05) is 17.7 Å². The molecule has 0 aliphatic rings. The van der Waals surface area contributed by atoms with E-state index in [1.54, 1.807) is 0 Å². The van der Waals surface area contributed by atoms with Crippen LogP contribution >= 0.6 is 23.4 Å². The first kappa shape index (κ1) is 20.0. The molecular formula is C18H19ClN6O2S. The van der Waals surface area contributed by atoms with Crippen molar-refractivity contribution in [3.63, 3.8) is 0 Å². The van der Waals surface area contributed by atoms with Gasteiger partial charge in [-0.25, -0.2) is 10.5 Å². The molecule has 0 saturated heterocycles. The molecule has 3 rings (SSSR count). The van der Waals surface area contributed by atoms with Crippen LogP contribution < -0.4 is 10.7 Å². The highest BCUT2D eigenvalue weighted by Crippen LogP contribution is 2.15. The largest absolute Gasteiger partial charge is 0.460 e. The van der Waals surface area contributed by atoms with Crippen LogP contribution in [0.25, 0.3) is 0 Å². The lowest BCUT2D eigenvalue weighted by Crippen LogP contribution is -2.27. The van der Waals surface area contributed by atoms with Crippen LogP contribution in [-0.2, 0) is 11.2 Å². The standard InChI is InChI=1S/C18H19ClN6O2S/c1-12-6-7-14(27-12)10-21-23-17-22-18(25-24-17)28-11-16(26)20-9-8-13-4-2-3-5-15(13)19/h2-7,10H,8-9,11H2,1H3,(H,20,26)(H2,22,23,24,25)/b21-10-. The van der Waals surface area contributed by atoms with E-state index >= 15 is 0 Å². The van der Waals surface area contributed by atoms with Crippen molar-refractivity contribution in [3.05, 3.63) is 58.5 Å². The number of nitrogens with zero attached hydrogens (tertiary/aromatic N) is 3. The second kappa shape index (κ2) is 9.95. The molecule has 3 N–H and O–H groups in total. The number of aromatic amines is 1. The quantitative estimate of drug-likeness (QED) is 0.279. The van der Waals surface area contributed by atoms with E-state index < -0.39 is 0 Å². The maximum atomic E-state index is 11.9. The predicted octanol–water partition coefficient (Wildman–Crippen LogP) is 3.26. The number of benzene rings is 1. The Labute approximate surface area is 171 Å². The van der Waals surface area contributed by atoms with Crippen molar-refractivity contribution in [2.45, 2.75) is 18.5 Å². The number of carbonyl (C=O) groups is 1. The van der Waals surface area contributed by atoms with Gasteiger partial charge in [0.1, 0.15) is 11.5 Å². The van der Waals surface area contributed by atoms with Gasteiger partial charge >= 0.3 is 0 Å². The number of hydrogen-bond acceptors (Lipinski definition) is 7. The fourth-order valence-electron chi connectivity index (χ4n) is 2.26. The van der Waals surface area contributed by atoms with Gasteiger partial charge in [-0.1, -0.05) is 41.6 Å². The number of thioether (sulfide) groups is 1. The maximum Gasteiger partial charge on any atom is 0.240 e. The molecule has 10 heteroatoms. The number of amides is 1. The molecule has 0 unspecified atom stereocenters. The first-order valence-corrected chi connectivity index (χ1v) is 9.87. The number of hydrazone groups is 1. The van der Waals surface area contributed by atoms with Gasteiger partial charge in [0.25, 0.3) is 0 Å². The molecule has 0 bridgehead atoms. The van der Waals surface area contributed by atoms with Gasteiger partial charge in [0.15, 0.2) is 0 Å². The molecule has 1 amide bonds. The van der Waals surface area contributed by atoms with E-state index in [-0.39, 0.29) is 11.7 Å². The molecule has 2 aromatic heterocycles. The highest BCUT2D eigenvalue weighted by Gasteiger charge is 2.08. The van der Waals surface area contributed by atoms with Crippen molar-refractivity contribution in [3.8, 4) is 0 Å². The average molecular weight is 419 g/mol. The Balaban J connectivity index is 1.37. The number of halogens is 1. The summed E-state index contributed by atoms with van der Waals surface area (Å²) in [6.45, 7) is 2.38. The zero-order chi connectivity index (χ0) is 19.8. The van der Waals surface area contributed by atoms with Gasteiger partial charge in [0, 0.05) is 11.6 Å². The van der Waals surface area contributed by atoms with Crippen molar-refractivity contribution in [1.29, 1.82) is 0 Å². The van der Waals surface area contributed by atoms with E-state index in [9.17, 15) is 4.79 Å². The minimum Gasteiger partial charge on any atom is -0.460 e. The lowest BCUT2D eigenvalue weighted by Gasteiger charge is -2.05. The molecule has 2 heterocycles. The SMILES string of the molecule is Cc1ccc(/C=N\Nc2nc(SCC(=O)NCCc3ccccc3Cl)n[nH]2)o1. The fraction of sp³-hybridized carbons (Fsp3) is 0.222. The molecule has 28 heavy (non-hydrogen) atoms. The molecule has 0 aliphatic heterocycles. The van der Waals surface area contributed by atoms with E-state index in [1.807, 2.05) is 43.3 Å². The monoisotopic (exact) mass is 418 g/mol. The van der Waals surface area contributed by atoms with E-state index in [1.165, 1.54) is 18.0 Å². The first-order valence-electron chi connectivity index (χ1n) is 8.51.